The molecule has 0 bridgehead atoms. The Morgan fingerprint density at radius 3 is 2.61 bits per heavy atom. The number of hydrogen-bond acceptors (Lipinski definition) is 4. The third-order valence-electron chi connectivity index (χ3n) is 4.55. The third-order valence-corrected chi connectivity index (χ3v) is 6.07. The predicted molar refractivity (Wildman–Crippen MR) is 108 cm³/mol. The maximum atomic E-state index is 12.3. The zero-order chi connectivity index (χ0) is 20.0. The van der Waals surface area contributed by atoms with Crippen molar-refractivity contribution in [3.8, 4) is 0 Å². The molecule has 1 aliphatic carbocycles. The molecule has 2 aromatic rings. The lowest BCUT2D eigenvalue weighted by Gasteiger charge is -2.13. The minimum atomic E-state index is -3.57. The average Bonchev–Trinajstić information content (AvgIpc) is 3.51. The lowest BCUT2D eigenvalue weighted by molar-refractivity contribution is 0.0635. The Hall–Kier alpha value is -2.22. The highest BCUT2D eigenvalue weighted by atomic mass is 32.2. The second-order valence-corrected chi connectivity index (χ2v) is 8.67. The molecule has 28 heavy (non-hydrogen) atoms. The molecule has 0 heterocycles. The van der Waals surface area contributed by atoms with Crippen molar-refractivity contribution < 1.29 is 17.9 Å². The largest absolute Gasteiger partial charge is 0.374 e. The lowest BCUT2D eigenvalue weighted by atomic mass is 10.1. The van der Waals surface area contributed by atoms with E-state index in [9.17, 15) is 13.2 Å². The van der Waals surface area contributed by atoms with Crippen molar-refractivity contribution in [2.75, 3.05) is 13.2 Å². The summed E-state index contributed by atoms with van der Waals surface area (Å²) in [5.74, 6) is -0.292. The molecule has 0 radical (unpaired) electrons. The highest BCUT2D eigenvalue weighted by molar-refractivity contribution is 7.89. The van der Waals surface area contributed by atoms with Crippen LogP contribution in [-0.2, 0) is 14.8 Å². The quantitative estimate of drug-likeness (QED) is 0.598. The van der Waals surface area contributed by atoms with Gasteiger partial charge in [-0.15, -0.1) is 0 Å². The molecule has 2 N–H and O–H groups in total. The van der Waals surface area contributed by atoms with Gasteiger partial charge in [0.05, 0.1) is 11.0 Å². The minimum Gasteiger partial charge on any atom is -0.374 e. The van der Waals surface area contributed by atoms with Gasteiger partial charge in [0.1, 0.15) is 0 Å². The van der Waals surface area contributed by atoms with Crippen molar-refractivity contribution in [2.24, 2.45) is 0 Å². The smallest absolute Gasteiger partial charge is 0.251 e. The van der Waals surface area contributed by atoms with Crippen LogP contribution in [-0.4, -0.2) is 33.5 Å². The van der Waals surface area contributed by atoms with Gasteiger partial charge in [-0.2, -0.15) is 0 Å². The van der Waals surface area contributed by atoms with Crippen LogP contribution in [0.2, 0.25) is 0 Å². The second kappa shape index (κ2) is 9.32. The van der Waals surface area contributed by atoms with Crippen molar-refractivity contribution >= 4 is 15.9 Å². The van der Waals surface area contributed by atoms with Gasteiger partial charge in [-0.25, -0.2) is 13.1 Å². The van der Waals surface area contributed by atoms with Crippen molar-refractivity contribution in [3.63, 3.8) is 0 Å². The molecule has 0 spiro atoms. The molecule has 1 unspecified atom stereocenters. The minimum absolute atomic E-state index is 0.00208. The van der Waals surface area contributed by atoms with E-state index in [-0.39, 0.29) is 22.9 Å². The fraction of sp³-hybridized carbons (Fsp3) is 0.381. The van der Waals surface area contributed by atoms with Crippen LogP contribution in [0, 0.1) is 0 Å². The normalized spacial score (nSPS) is 15.2. The van der Waals surface area contributed by atoms with E-state index in [2.05, 4.69) is 10.0 Å². The molecule has 0 saturated heterocycles. The van der Waals surface area contributed by atoms with E-state index in [0.717, 1.165) is 18.4 Å². The lowest BCUT2D eigenvalue weighted by Crippen LogP contribution is -2.27. The topological polar surface area (TPSA) is 84.5 Å². The van der Waals surface area contributed by atoms with Gasteiger partial charge in [0.15, 0.2) is 0 Å². The molecule has 1 aliphatic rings. The zero-order valence-electron chi connectivity index (χ0n) is 15.9. The highest BCUT2D eigenvalue weighted by Gasteiger charge is 2.28. The molecule has 1 fully saturated rings. The van der Waals surface area contributed by atoms with Crippen molar-refractivity contribution in [2.45, 2.75) is 43.2 Å². The molecule has 1 atom stereocenters. The van der Waals surface area contributed by atoms with Crippen LogP contribution in [0.25, 0.3) is 0 Å². The Kier molecular flexibility index (Phi) is 6.83. The number of benzene rings is 2. The summed E-state index contributed by atoms with van der Waals surface area (Å²) in [6.45, 7) is 2.98. The maximum absolute atomic E-state index is 12.3. The van der Waals surface area contributed by atoms with Crippen LogP contribution in [0.5, 0.6) is 0 Å². The number of amides is 1. The van der Waals surface area contributed by atoms with Gasteiger partial charge >= 0.3 is 0 Å². The number of carbonyl (C=O) groups is 1. The summed E-state index contributed by atoms with van der Waals surface area (Å²) >= 11 is 0. The van der Waals surface area contributed by atoms with Gasteiger partial charge < -0.3 is 10.1 Å². The monoisotopic (exact) mass is 402 g/mol. The van der Waals surface area contributed by atoms with Crippen LogP contribution in [0.3, 0.4) is 0 Å². The van der Waals surface area contributed by atoms with Crippen LogP contribution in [0.1, 0.15) is 48.2 Å². The number of nitrogens with one attached hydrogen (secondary N) is 2. The van der Waals surface area contributed by atoms with E-state index in [1.165, 1.54) is 12.1 Å². The summed E-state index contributed by atoms with van der Waals surface area (Å²) in [6.07, 6.45) is 2.40. The molecule has 0 aliphatic heterocycles. The summed E-state index contributed by atoms with van der Waals surface area (Å²) in [7, 11) is -3.57. The van der Waals surface area contributed by atoms with Crippen molar-refractivity contribution in [1.29, 1.82) is 0 Å². The second-order valence-electron chi connectivity index (χ2n) is 6.96. The number of sulfonamides is 1. The third kappa shape index (κ3) is 5.89. The summed E-state index contributed by atoms with van der Waals surface area (Å²) in [5.41, 5.74) is 1.45. The SMILES string of the molecule is CC(OCCCNC(=O)c1cccc(S(=O)(=O)NC2CC2)c1)c1ccccc1. The van der Waals surface area contributed by atoms with E-state index < -0.39 is 10.0 Å². The standard InChI is InChI=1S/C21H26N2O4S/c1-16(17-7-3-2-4-8-17)27-14-6-13-22-21(24)18-9-5-10-20(15-18)28(25,26)23-19-11-12-19/h2-5,7-10,15-16,19,23H,6,11-14H2,1H3,(H,22,24). The summed E-state index contributed by atoms with van der Waals surface area (Å²) in [5, 5.41) is 2.81. The van der Waals surface area contributed by atoms with E-state index in [0.29, 0.717) is 25.1 Å². The Balaban J connectivity index is 1.44. The molecule has 6 nitrogen and oxygen atoms in total. The first-order valence-corrected chi connectivity index (χ1v) is 11.0. The summed E-state index contributed by atoms with van der Waals surface area (Å²) < 4.78 is 33.0. The van der Waals surface area contributed by atoms with Gasteiger partial charge in [-0.1, -0.05) is 36.4 Å². The van der Waals surface area contributed by atoms with E-state index in [1.54, 1.807) is 12.1 Å². The van der Waals surface area contributed by atoms with E-state index in [4.69, 9.17) is 4.74 Å². The molecule has 3 rings (SSSR count). The Morgan fingerprint density at radius 1 is 1.14 bits per heavy atom. The first kappa shape index (κ1) is 20.5. The van der Waals surface area contributed by atoms with Crippen molar-refractivity contribution in [3.05, 3.63) is 65.7 Å². The molecule has 1 saturated carbocycles. The summed E-state index contributed by atoms with van der Waals surface area (Å²) in [6, 6.07) is 16.1. The molecular weight excluding hydrogens is 376 g/mol. The van der Waals surface area contributed by atoms with Crippen molar-refractivity contribution in [1.82, 2.24) is 10.0 Å². The van der Waals surface area contributed by atoms with Gasteiger partial charge in [-0.3, -0.25) is 4.79 Å². The van der Waals surface area contributed by atoms with Gasteiger partial charge in [0.25, 0.3) is 5.91 Å². The van der Waals surface area contributed by atoms with Crippen LogP contribution in [0.15, 0.2) is 59.5 Å². The Morgan fingerprint density at radius 2 is 1.89 bits per heavy atom. The van der Waals surface area contributed by atoms with Gasteiger partial charge in [-0.05, 0) is 49.9 Å². The predicted octanol–water partition coefficient (Wildman–Crippen LogP) is 3.03. The number of carbonyl (C=O) groups excluding carboxylic acids is 1. The van der Waals surface area contributed by atoms with Crippen LogP contribution < -0.4 is 10.0 Å². The first-order chi connectivity index (χ1) is 13.5. The molecule has 7 heteroatoms. The average molecular weight is 403 g/mol. The molecule has 2 aromatic carbocycles. The highest BCUT2D eigenvalue weighted by Crippen LogP contribution is 2.22. The summed E-state index contributed by atoms with van der Waals surface area (Å²) in [4.78, 5) is 12.4. The van der Waals surface area contributed by atoms with E-state index >= 15 is 0 Å². The molecule has 1 amide bonds. The van der Waals surface area contributed by atoms with Crippen LogP contribution in [0.4, 0.5) is 0 Å². The fourth-order valence-electron chi connectivity index (χ4n) is 2.75. The molecular formula is C21H26N2O4S. The first-order valence-electron chi connectivity index (χ1n) is 9.53. The zero-order valence-corrected chi connectivity index (χ0v) is 16.7. The molecule has 150 valence electrons. The van der Waals surface area contributed by atoms with Gasteiger partial charge in [0, 0.05) is 24.8 Å². The number of rotatable bonds is 10. The maximum Gasteiger partial charge on any atom is 0.251 e. The van der Waals surface area contributed by atoms with Gasteiger partial charge in [0.2, 0.25) is 10.0 Å². The fourth-order valence-corrected chi connectivity index (χ4v) is 4.10. The number of ether oxygens (including phenoxy) is 1. The Labute approximate surface area is 166 Å². The van der Waals surface area contributed by atoms with E-state index in [1.807, 2.05) is 37.3 Å². The van der Waals surface area contributed by atoms with Crippen LogP contribution >= 0.6 is 0 Å². The molecule has 0 aromatic heterocycles. The Bertz CT molecular complexity index is 896. The number of hydrogen-bond donors (Lipinski definition) is 2.